The zero-order chi connectivity index (χ0) is 11.6. The summed E-state index contributed by atoms with van der Waals surface area (Å²) in [6, 6.07) is 6.73. The molecule has 0 aromatic heterocycles. The molecule has 1 aliphatic rings. The topological polar surface area (TPSA) is 26.0 Å². The molecule has 2 heteroatoms. The molecule has 0 spiro atoms. The molecule has 0 aliphatic heterocycles. The van der Waals surface area contributed by atoms with Crippen LogP contribution in [0, 0.1) is 6.92 Å². The summed E-state index contributed by atoms with van der Waals surface area (Å²) >= 11 is 3.63. The maximum absolute atomic E-state index is 6.04. The van der Waals surface area contributed by atoms with Crippen LogP contribution in [0.25, 0.3) is 0 Å². The highest BCUT2D eigenvalue weighted by atomic mass is 79.9. The third kappa shape index (κ3) is 2.18. The van der Waals surface area contributed by atoms with Crippen LogP contribution in [0.5, 0.6) is 0 Å². The van der Waals surface area contributed by atoms with Crippen LogP contribution >= 0.6 is 15.9 Å². The molecule has 1 fully saturated rings. The van der Waals surface area contributed by atoms with Crippen molar-refractivity contribution in [2.24, 2.45) is 5.73 Å². The Labute approximate surface area is 107 Å². The molecule has 0 atom stereocenters. The second-order valence-electron chi connectivity index (χ2n) is 5.01. The van der Waals surface area contributed by atoms with Gasteiger partial charge in [-0.05, 0) is 37.0 Å². The summed E-state index contributed by atoms with van der Waals surface area (Å²) in [6.07, 6.45) is 6.51. The lowest BCUT2D eigenvalue weighted by Crippen LogP contribution is -2.37. The molecular formula is C14H20BrN. The van der Waals surface area contributed by atoms with Crippen LogP contribution in [0.1, 0.15) is 43.2 Å². The van der Waals surface area contributed by atoms with Crippen molar-refractivity contribution >= 4 is 15.9 Å². The zero-order valence-electron chi connectivity index (χ0n) is 9.93. The molecule has 0 heterocycles. The molecule has 1 saturated carbocycles. The zero-order valence-corrected chi connectivity index (χ0v) is 11.5. The maximum Gasteiger partial charge on any atom is 0.0207 e. The summed E-state index contributed by atoms with van der Waals surface area (Å²) in [5.41, 5.74) is 9.01. The predicted octanol–water partition coefficient (Wildman–Crippen LogP) is 3.92. The Morgan fingerprint density at radius 1 is 1.25 bits per heavy atom. The molecule has 1 nitrogen and oxygen atoms in total. The number of halogens is 1. The first-order chi connectivity index (χ1) is 7.68. The van der Waals surface area contributed by atoms with Crippen molar-refractivity contribution in [2.45, 2.75) is 44.4 Å². The van der Waals surface area contributed by atoms with Crippen LogP contribution in [-0.2, 0) is 5.41 Å². The standard InChI is InChI=1S/C14H20BrN/c1-11-5-6-12(9-13(11)15)14(10-16)7-3-2-4-8-14/h5-6,9H,2-4,7-8,10,16H2,1H3. The van der Waals surface area contributed by atoms with E-state index in [-0.39, 0.29) is 5.41 Å². The van der Waals surface area contributed by atoms with Gasteiger partial charge in [0.25, 0.3) is 0 Å². The van der Waals surface area contributed by atoms with Crippen molar-refractivity contribution < 1.29 is 0 Å². The van der Waals surface area contributed by atoms with Gasteiger partial charge in [-0.15, -0.1) is 0 Å². The SMILES string of the molecule is Cc1ccc(C2(CN)CCCCC2)cc1Br. The number of benzene rings is 1. The smallest absolute Gasteiger partial charge is 0.0207 e. The second-order valence-corrected chi connectivity index (χ2v) is 5.86. The average Bonchev–Trinajstić information content (AvgIpc) is 2.33. The molecule has 1 aromatic rings. The van der Waals surface area contributed by atoms with E-state index in [1.165, 1.54) is 47.7 Å². The van der Waals surface area contributed by atoms with Crippen LogP contribution in [0.2, 0.25) is 0 Å². The average molecular weight is 282 g/mol. The van der Waals surface area contributed by atoms with Gasteiger partial charge in [0.15, 0.2) is 0 Å². The summed E-state index contributed by atoms with van der Waals surface area (Å²) < 4.78 is 1.21. The van der Waals surface area contributed by atoms with Crippen molar-refractivity contribution in [3.8, 4) is 0 Å². The molecule has 88 valence electrons. The quantitative estimate of drug-likeness (QED) is 0.874. The van der Waals surface area contributed by atoms with Gasteiger partial charge in [0, 0.05) is 16.4 Å². The van der Waals surface area contributed by atoms with Gasteiger partial charge in [-0.3, -0.25) is 0 Å². The Bertz CT molecular complexity index is 367. The minimum atomic E-state index is 0.245. The molecule has 2 N–H and O–H groups in total. The second kappa shape index (κ2) is 4.89. The van der Waals surface area contributed by atoms with Gasteiger partial charge in [-0.2, -0.15) is 0 Å². The van der Waals surface area contributed by atoms with Crippen LogP contribution in [0.4, 0.5) is 0 Å². The van der Waals surface area contributed by atoms with E-state index >= 15 is 0 Å². The van der Waals surface area contributed by atoms with Gasteiger partial charge in [0.1, 0.15) is 0 Å². The number of hydrogen-bond acceptors (Lipinski definition) is 1. The minimum absolute atomic E-state index is 0.245. The monoisotopic (exact) mass is 281 g/mol. The molecule has 2 rings (SSSR count). The van der Waals surface area contributed by atoms with Crippen molar-refractivity contribution in [1.29, 1.82) is 0 Å². The lowest BCUT2D eigenvalue weighted by Gasteiger charge is -2.37. The Balaban J connectivity index is 2.35. The van der Waals surface area contributed by atoms with E-state index in [2.05, 4.69) is 41.1 Å². The van der Waals surface area contributed by atoms with E-state index in [9.17, 15) is 0 Å². The van der Waals surface area contributed by atoms with Gasteiger partial charge < -0.3 is 5.73 Å². The fraction of sp³-hybridized carbons (Fsp3) is 0.571. The van der Waals surface area contributed by atoms with E-state index < -0.39 is 0 Å². The Morgan fingerprint density at radius 3 is 2.50 bits per heavy atom. The largest absolute Gasteiger partial charge is 0.330 e. The van der Waals surface area contributed by atoms with Crippen molar-refractivity contribution in [3.05, 3.63) is 33.8 Å². The summed E-state index contributed by atoms with van der Waals surface area (Å²) in [5, 5.41) is 0. The first kappa shape index (κ1) is 12.1. The van der Waals surface area contributed by atoms with E-state index in [0.717, 1.165) is 6.54 Å². The first-order valence-electron chi connectivity index (χ1n) is 6.15. The van der Waals surface area contributed by atoms with E-state index in [4.69, 9.17) is 5.73 Å². The highest BCUT2D eigenvalue weighted by Crippen LogP contribution is 2.39. The minimum Gasteiger partial charge on any atom is -0.330 e. The third-order valence-electron chi connectivity index (χ3n) is 3.99. The molecule has 0 radical (unpaired) electrons. The molecule has 1 aromatic carbocycles. The summed E-state index contributed by atoms with van der Waals surface area (Å²) in [4.78, 5) is 0. The van der Waals surface area contributed by atoms with Gasteiger partial charge in [0.05, 0.1) is 0 Å². The maximum atomic E-state index is 6.04. The molecule has 1 aliphatic carbocycles. The van der Waals surface area contributed by atoms with Gasteiger partial charge in [-0.25, -0.2) is 0 Å². The highest BCUT2D eigenvalue weighted by Gasteiger charge is 2.32. The molecule has 0 bridgehead atoms. The Morgan fingerprint density at radius 2 is 1.94 bits per heavy atom. The van der Waals surface area contributed by atoms with Crippen LogP contribution < -0.4 is 5.73 Å². The predicted molar refractivity (Wildman–Crippen MR) is 72.7 cm³/mol. The summed E-state index contributed by atoms with van der Waals surface area (Å²) in [7, 11) is 0. The molecular weight excluding hydrogens is 262 g/mol. The van der Waals surface area contributed by atoms with Crippen molar-refractivity contribution in [3.63, 3.8) is 0 Å². The van der Waals surface area contributed by atoms with E-state index in [1.54, 1.807) is 0 Å². The fourth-order valence-corrected chi connectivity index (χ4v) is 3.14. The van der Waals surface area contributed by atoms with E-state index in [1.807, 2.05) is 0 Å². The highest BCUT2D eigenvalue weighted by molar-refractivity contribution is 9.10. The normalized spacial score (nSPS) is 19.7. The van der Waals surface area contributed by atoms with Gasteiger partial charge >= 0.3 is 0 Å². The molecule has 0 saturated heterocycles. The van der Waals surface area contributed by atoms with Gasteiger partial charge in [-0.1, -0.05) is 47.3 Å². The summed E-state index contributed by atoms with van der Waals surface area (Å²) in [5.74, 6) is 0. The number of nitrogens with two attached hydrogens (primary N) is 1. The Hall–Kier alpha value is -0.340. The lowest BCUT2D eigenvalue weighted by molar-refractivity contribution is 0.300. The molecule has 0 unspecified atom stereocenters. The van der Waals surface area contributed by atoms with Crippen molar-refractivity contribution in [1.82, 2.24) is 0 Å². The fourth-order valence-electron chi connectivity index (χ4n) is 2.76. The van der Waals surface area contributed by atoms with Crippen LogP contribution in [0.3, 0.4) is 0 Å². The Kier molecular flexibility index (Phi) is 3.70. The third-order valence-corrected chi connectivity index (χ3v) is 4.84. The van der Waals surface area contributed by atoms with Crippen LogP contribution in [-0.4, -0.2) is 6.54 Å². The van der Waals surface area contributed by atoms with E-state index in [0.29, 0.717) is 0 Å². The number of aryl methyl sites for hydroxylation is 1. The first-order valence-corrected chi connectivity index (χ1v) is 6.94. The molecule has 16 heavy (non-hydrogen) atoms. The van der Waals surface area contributed by atoms with Crippen LogP contribution in [0.15, 0.2) is 22.7 Å². The molecule has 0 amide bonds. The lowest BCUT2D eigenvalue weighted by atomic mass is 9.69. The van der Waals surface area contributed by atoms with Gasteiger partial charge in [0.2, 0.25) is 0 Å². The number of rotatable bonds is 2. The summed E-state index contributed by atoms with van der Waals surface area (Å²) in [6.45, 7) is 2.91. The van der Waals surface area contributed by atoms with Crippen molar-refractivity contribution in [2.75, 3.05) is 6.54 Å². The number of hydrogen-bond donors (Lipinski definition) is 1.